The van der Waals surface area contributed by atoms with Crippen LogP contribution in [-0.4, -0.2) is 70.9 Å². The molecule has 3 atom stereocenters. The van der Waals surface area contributed by atoms with Gasteiger partial charge >= 0.3 is 6.18 Å². The predicted molar refractivity (Wildman–Crippen MR) is 129 cm³/mol. The highest BCUT2D eigenvalue weighted by Gasteiger charge is 2.50. The highest BCUT2D eigenvalue weighted by Crippen LogP contribution is 2.42. The maximum Gasteiger partial charge on any atom is 0.406 e. The fraction of sp³-hybridized carbons (Fsp3) is 0.500. The number of amides is 2. The van der Waals surface area contributed by atoms with Crippen molar-refractivity contribution in [1.29, 1.82) is 0 Å². The van der Waals surface area contributed by atoms with Crippen LogP contribution in [0.4, 0.5) is 36.6 Å². The van der Waals surface area contributed by atoms with Crippen molar-refractivity contribution in [1.82, 2.24) is 14.8 Å². The summed E-state index contributed by atoms with van der Waals surface area (Å²) in [4.78, 5) is 31.0. The first kappa shape index (κ1) is 29.6. The summed E-state index contributed by atoms with van der Waals surface area (Å²) in [6.45, 7) is -0.736. The van der Waals surface area contributed by atoms with Crippen molar-refractivity contribution in [3.8, 4) is 11.5 Å². The monoisotopic (exact) mass is 576 g/mol. The largest absolute Gasteiger partial charge is 0.453 e. The number of benzene rings is 1. The van der Waals surface area contributed by atoms with Crippen LogP contribution in [0.1, 0.15) is 26.2 Å². The van der Waals surface area contributed by atoms with Crippen LogP contribution < -0.4 is 10.1 Å². The average Bonchev–Trinajstić information content (AvgIpc) is 2.87. The number of carbonyl (C=O) groups excluding carboxylic acids is 2. The first-order valence-corrected chi connectivity index (χ1v) is 12.6. The normalized spacial score (nSPS) is 22.6. The molecule has 4 rings (SSSR count). The Kier molecular flexibility index (Phi) is 8.57. The number of piperidine rings is 2. The molecule has 2 aliphatic heterocycles. The second-order valence-electron chi connectivity index (χ2n) is 10.0. The molecule has 0 spiro atoms. The van der Waals surface area contributed by atoms with Crippen LogP contribution in [-0.2, 0) is 9.59 Å². The first-order chi connectivity index (χ1) is 18.7. The number of rotatable bonds is 7. The number of ether oxygens (including phenoxy) is 1. The molecule has 1 aromatic heterocycles. The molecular formula is C26H27F7N4O3. The van der Waals surface area contributed by atoms with Crippen molar-refractivity contribution in [2.24, 2.45) is 11.8 Å². The van der Waals surface area contributed by atoms with E-state index >= 15 is 0 Å². The summed E-state index contributed by atoms with van der Waals surface area (Å²) in [5.41, 5.74) is 0. The molecule has 1 N–H and O–H groups in total. The number of nitrogens with one attached hydrogen (secondary N) is 1. The van der Waals surface area contributed by atoms with Crippen LogP contribution in [0.5, 0.6) is 11.5 Å². The highest BCUT2D eigenvalue weighted by molar-refractivity contribution is 5.93. The number of hydrogen-bond acceptors (Lipinski definition) is 5. The SMILES string of the molecule is C[C@@H](C(=O)Nc1ccc(Oc2ccc(F)cc2F)cn1)N1CCC(F)(F)C(C2CCC(=O)N(CC(F)(F)F)C2)C1. The number of pyridine rings is 1. The summed E-state index contributed by atoms with van der Waals surface area (Å²) in [5, 5.41) is 2.57. The zero-order valence-electron chi connectivity index (χ0n) is 21.4. The van der Waals surface area contributed by atoms with Gasteiger partial charge in [0.25, 0.3) is 5.92 Å². The van der Waals surface area contributed by atoms with Crippen molar-refractivity contribution in [2.45, 2.75) is 44.3 Å². The summed E-state index contributed by atoms with van der Waals surface area (Å²) in [6, 6.07) is 4.69. The van der Waals surface area contributed by atoms with Gasteiger partial charge in [-0.15, -0.1) is 0 Å². The minimum atomic E-state index is -4.64. The van der Waals surface area contributed by atoms with E-state index in [2.05, 4.69) is 10.3 Å². The lowest BCUT2D eigenvalue weighted by Gasteiger charge is -2.46. The molecule has 0 aliphatic carbocycles. The van der Waals surface area contributed by atoms with Gasteiger partial charge in [-0.2, -0.15) is 13.2 Å². The van der Waals surface area contributed by atoms with E-state index in [1.54, 1.807) is 0 Å². The van der Waals surface area contributed by atoms with Crippen molar-refractivity contribution >= 4 is 17.6 Å². The summed E-state index contributed by atoms with van der Waals surface area (Å²) >= 11 is 0. The predicted octanol–water partition coefficient (Wildman–Crippen LogP) is 5.24. The Balaban J connectivity index is 1.37. The Bertz CT molecular complexity index is 1230. The fourth-order valence-corrected chi connectivity index (χ4v) is 5.04. The van der Waals surface area contributed by atoms with Crippen molar-refractivity contribution in [2.75, 3.05) is 31.5 Å². The number of alkyl halides is 5. The van der Waals surface area contributed by atoms with Crippen molar-refractivity contribution in [3.63, 3.8) is 0 Å². The lowest BCUT2D eigenvalue weighted by Crippen LogP contribution is -2.57. The molecule has 2 unspecified atom stereocenters. The zero-order chi connectivity index (χ0) is 29.2. The first-order valence-electron chi connectivity index (χ1n) is 12.6. The van der Waals surface area contributed by atoms with Gasteiger partial charge in [-0.05, 0) is 43.5 Å². The Morgan fingerprint density at radius 2 is 1.95 bits per heavy atom. The molecule has 2 saturated heterocycles. The molecule has 14 heteroatoms. The van der Waals surface area contributed by atoms with Gasteiger partial charge in [-0.1, -0.05) is 0 Å². The van der Waals surface area contributed by atoms with Crippen LogP contribution >= 0.6 is 0 Å². The molecule has 40 heavy (non-hydrogen) atoms. The van der Waals surface area contributed by atoms with E-state index in [-0.39, 0.29) is 43.2 Å². The molecule has 2 amide bonds. The van der Waals surface area contributed by atoms with Gasteiger partial charge in [0.2, 0.25) is 11.8 Å². The topological polar surface area (TPSA) is 74.8 Å². The molecule has 0 saturated carbocycles. The van der Waals surface area contributed by atoms with Crippen LogP contribution in [0, 0.1) is 23.5 Å². The van der Waals surface area contributed by atoms with E-state index in [1.165, 1.54) is 30.2 Å². The molecular weight excluding hydrogens is 549 g/mol. The molecule has 218 valence electrons. The molecule has 0 radical (unpaired) electrons. The van der Waals surface area contributed by atoms with E-state index in [9.17, 15) is 40.3 Å². The number of likely N-dealkylation sites (tertiary alicyclic amines) is 2. The Labute approximate surface area is 225 Å². The lowest BCUT2D eigenvalue weighted by atomic mass is 9.77. The molecule has 2 aromatic rings. The number of carbonyl (C=O) groups is 2. The minimum Gasteiger partial charge on any atom is -0.453 e. The quantitative estimate of drug-likeness (QED) is 0.457. The zero-order valence-corrected chi connectivity index (χ0v) is 21.4. The van der Waals surface area contributed by atoms with Gasteiger partial charge < -0.3 is 15.0 Å². The smallest absolute Gasteiger partial charge is 0.406 e. The Morgan fingerprint density at radius 1 is 1.20 bits per heavy atom. The lowest BCUT2D eigenvalue weighted by molar-refractivity contribution is -0.174. The molecule has 1 aromatic carbocycles. The second-order valence-corrected chi connectivity index (χ2v) is 10.0. The maximum absolute atomic E-state index is 14.9. The molecule has 3 heterocycles. The van der Waals surface area contributed by atoms with Crippen molar-refractivity contribution in [3.05, 3.63) is 48.2 Å². The summed E-state index contributed by atoms with van der Waals surface area (Å²) in [7, 11) is 0. The van der Waals surface area contributed by atoms with Gasteiger partial charge in [0.1, 0.15) is 23.9 Å². The summed E-state index contributed by atoms with van der Waals surface area (Å²) in [6.07, 6.45) is -4.22. The summed E-state index contributed by atoms with van der Waals surface area (Å²) in [5.74, 6) is -8.30. The van der Waals surface area contributed by atoms with Crippen LogP contribution in [0.25, 0.3) is 0 Å². The molecule has 7 nitrogen and oxygen atoms in total. The van der Waals surface area contributed by atoms with Crippen LogP contribution in [0.3, 0.4) is 0 Å². The number of hydrogen-bond donors (Lipinski definition) is 1. The van der Waals surface area contributed by atoms with Crippen LogP contribution in [0.2, 0.25) is 0 Å². The number of aromatic nitrogens is 1. The van der Waals surface area contributed by atoms with Gasteiger partial charge in [-0.3, -0.25) is 14.5 Å². The number of halogens is 7. The highest BCUT2D eigenvalue weighted by atomic mass is 19.4. The van der Waals surface area contributed by atoms with Gasteiger partial charge in [0.15, 0.2) is 11.6 Å². The Morgan fingerprint density at radius 3 is 2.60 bits per heavy atom. The van der Waals surface area contributed by atoms with Gasteiger partial charge in [0, 0.05) is 44.5 Å². The second kappa shape index (κ2) is 11.6. The number of nitrogens with zero attached hydrogens (tertiary/aromatic N) is 3. The standard InChI is InChI=1S/C26H27F7N4O3/c1-15(24(39)35-22-6-4-18(11-34-22)40-21-5-3-17(27)10-20(21)28)36-9-8-25(29,30)19(13-36)16-2-7-23(38)37(12-16)14-26(31,32)33/h3-6,10-11,15-16,19H,2,7-9,12-14H2,1H3,(H,34,35,39)/t15-,16?,19?/m0/s1. The minimum absolute atomic E-state index is 0.0437. The fourth-order valence-electron chi connectivity index (χ4n) is 5.04. The van der Waals surface area contributed by atoms with E-state index < -0.39 is 72.9 Å². The van der Waals surface area contributed by atoms with E-state index in [4.69, 9.17) is 4.74 Å². The van der Waals surface area contributed by atoms with Gasteiger partial charge in [-0.25, -0.2) is 22.5 Å². The average molecular weight is 577 g/mol. The van der Waals surface area contributed by atoms with Gasteiger partial charge in [0.05, 0.1) is 12.2 Å². The van der Waals surface area contributed by atoms with E-state index in [1.807, 2.05) is 0 Å². The van der Waals surface area contributed by atoms with Crippen molar-refractivity contribution < 1.29 is 45.1 Å². The number of anilines is 1. The summed E-state index contributed by atoms with van der Waals surface area (Å²) < 4.78 is 101. The van der Waals surface area contributed by atoms with Crippen LogP contribution in [0.15, 0.2) is 36.5 Å². The molecule has 2 aliphatic rings. The third kappa shape index (κ3) is 7.20. The maximum atomic E-state index is 14.9. The Hall–Kier alpha value is -3.42. The third-order valence-corrected chi connectivity index (χ3v) is 7.22. The molecule has 0 bridgehead atoms. The van der Waals surface area contributed by atoms with E-state index in [0.29, 0.717) is 11.0 Å². The third-order valence-electron chi connectivity index (χ3n) is 7.22. The van der Waals surface area contributed by atoms with E-state index in [0.717, 1.165) is 12.1 Å². The molecule has 2 fully saturated rings.